The smallest absolute Gasteiger partial charge is 0.253 e. The van der Waals surface area contributed by atoms with E-state index in [1.807, 2.05) is 18.2 Å². The van der Waals surface area contributed by atoms with Gasteiger partial charge in [0.05, 0.1) is 0 Å². The van der Waals surface area contributed by atoms with Gasteiger partial charge in [0, 0.05) is 29.9 Å². The zero-order chi connectivity index (χ0) is 22.3. The molecule has 1 saturated carbocycles. The molecule has 1 heterocycles. The van der Waals surface area contributed by atoms with Crippen molar-refractivity contribution in [2.75, 3.05) is 6.54 Å². The van der Waals surface area contributed by atoms with E-state index in [0.29, 0.717) is 23.9 Å². The molecular weight excluding hydrogens is 405 g/mol. The maximum absolute atomic E-state index is 13.1. The Kier molecular flexibility index (Phi) is 7.12. The highest BCUT2D eigenvalue weighted by Gasteiger charge is 2.37. The number of nitrogens with zero attached hydrogens (tertiary/aromatic N) is 1. The highest BCUT2D eigenvalue weighted by atomic mass is 19.1. The summed E-state index contributed by atoms with van der Waals surface area (Å²) in [5, 5.41) is 6.45. The maximum Gasteiger partial charge on any atom is 0.253 e. The molecule has 1 aliphatic rings. The molecule has 0 spiro atoms. The van der Waals surface area contributed by atoms with Gasteiger partial charge < -0.3 is 10.6 Å². The van der Waals surface area contributed by atoms with Gasteiger partial charge in [0.25, 0.3) is 11.8 Å². The summed E-state index contributed by atoms with van der Waals surface area (Å²) in [4.78, 5) is 25.5. The van der Waals surface area contributed by atoms with Crippen molar-refractivity contribution in [1.29, 1.82) is 0 Å². The summed E-state index contributed by atoms with van der Waals surface area (Å²) in [6.07, 6.45) is 6.76. The van der Waals surface area contributed by atoms with Crippen LogP contribution in [-0.4, -0.2) is 35.0 Å². The summed E-state index contributed by atoms with van der Waals surface area (Å²) in [7, 11) is 0. The minimum Gasteiger partial charge on any atom is -0.340 e. The van der Waals surface area contributed by atoms with E-state index in [1.54, 1.807) is 48.8 Å². The quantitative estimate of drug-likeness (QED) is 0.467. The topological polar surface area (TPSA) is 63.1 Å². The molecule has 2 aromatic carbocycles. The lowest BCUT2D eigenvalue weighted by molar-refractivity contribution is 0.0797. The van der Waals surface area contributed by atoms with Crippen molar-refractivity contribution in [2.24, 2.45) is 0 Å². The zero-order valence-electron chi connectivity index (χ0n) is 17.9. The molecule has 1 aliphatic carbocycles. The molecule has 1 amide bonds. The van der Waals surface area contributed by atoms with Crippen LogP contribution >= 0.6 is 0 Å². The fourth-order valence-electron chi connectivity index (χ4n) is 4.01. The summed E-state index contributed by atoms with van der Waals surface area (Å²) in [6, 6.07) is 19.1. The zero-order valence-corrected chi connectivity index (χ0v) is 17.9. The van der Waals surface area contributed by atoms with E-state index >= 15 is 0 Å². The van der Waals surface area contributed by atoms with Crippen LogP contribution in [0.25, 0.3) is 0 Å². The first-order chi connectivity index (χ1) is 15.6. The summed E-state index contributed by atoms with van der Waals surface area (Å²) in [6.45, 7) is 0.847. The van der Waals surface area contributed by atoms with Crippen LogP contribution in [0.15, 0.2) is 79.1 Å². The summed E-state index contributed by atoms with van der Waals surface area (Å²) < 4.78 is 14.6. The molecule has 1 fully saturated rings. The second kappa shape index (κ2) is 10.4. The Labute approximate surface area is 187 Å². The van der Waals surface area contributed by atoms with Crippen molar-refractivity contribution in [3.8, 4) is 0 Å². The first-order valence-corrected chi connectivity index (χ1v) is 11.1. The predicted octanol–water partition coefficient (Wildman–Crippen LogP) is 4.38. The van der Waals surface area contributed by atoms with Gasteiger partial charge >= 0.3 is 0 Å². The number of hydrogen-bond donors (Lipinski definition) is 2. The number of unbranched alkanes of at least 4 members (excludes halogenated alkanes) is 1. The summed E-state index contributed by atoms with van der Waals surface area (Å²) >= 11 is 0. The molecule has 3 aromatic rings. The van der Waals surface area contributed by atoms with Crippen LogP contribution in [-0.2, 0) is 0 Å². The van der Waals surface area contributed by atoms with Gasteiger partial charge in [0.1, 0.15) is 11.9 Å². The average Bonchev–Trinajstić information content (AvgIpc) is 3.37. The lowest BCUT2D eigenvalue weighted by atomic mass is 10.1. The van der Waals surface area contributed by atoms with Crippen molar-refractivity contribution in [3.05, 3.63) is 96.1 Å². The lowest BCUT2D eigenvalue weighted by Gasteiger charge is -2.18. The van der Waals surface area contributed by atoms with Crippen molar-refractivity contribution in [1.82, 2.24) is 15.2 Å². The van der Waals surface area contributed by atoms with Crippen molar-refractivity contribution in [3.63, 3.8) is 0 Å². The number of hydrogen-bond acceptors (Lipinski definition) is 3. The number of halogens is 1. The average molecular weight is 434 g/mol. The van der Waals surface area contributed by atoms with Crippen LogP contribution in [0.1, 0.15) is 52.3 Å². The first kappa shape index (κ1) is 22.0. The van der Waals surface area contributed by atoms with E-state index in [2.05, 4.69) is 10.6 Å². The molecule has 2 N–H and O–H groups in total. The van der Waals surface area contributed by atoms with E-state index in [9.17, 15) is 14.0 Å². The van der Waals surface area contributed by atoms with Gasteiger partial charge in [0.2, 0.25) is 0 Å². The molecule has 166 valence electrons. The van der Waals surface area contributed by atoms with Gasteiger partial charge in [-0.3, -0.25) is 14.2 Å². The summed E-state index contributed by atoms with van der Waals surface area (Å²) in [5.41, 5.74) is 1.71. The number of nitrogens with one attached hydrogen (secondary N) is 2. The van der Waals surface area contributed by atoms with Gasteiger partial charge in [-0.25, -0.2) is 4.39 Å². The molecule has 5 nitrogen and oxygen atoms in total. The first-order valence-electron chi connectivity index (χ1n) is 11.1. The van der Waals surface area contributed by atoms with E-state index in [1.165, 1.54) is 22.3 Å². The number of amides is 1. The largest absolute Gasteiger partial charge is 0.340 e. The Balaban J connectivity index is 1.25. The Morgan fingerprint density at radius 1 is 0.969 bits per heavy atom. The molecule has 1 aromatic heterocycles. The van der Waals surface area contributed by atoms with Gasteiger partial charge in [-0.05, 0) is 74.2 Å². The SMILES string of the molecule is O=C(N[C@@H](CCCCN[C@H]1C[C@@H]1c1ccc(F)cc1)C(=O)n1cccc1)c1ccccc1. The Hall–Kier alpha value is -3.25. The van der Waals surface area contributed by atoms with E-state index in [-0.39, 0.29) is 17.6 Å². The minimum absolute atomic E-state index is 0.134. The number of rotatable bonds is 10. The Bertz CT molecular complexity index is 1020. The second-order valence-electron chi connectivity index (χ2n) is 8.27. The summed E-state index contributed by atoms with van der Waals surface area (Å²) in [5.74, 6) is -0.133. The number of benzene rings is 2. The highest BCUT2D eigenvalue weighted by molar-refractivity contribution is 5.97. The fraction of sp³-hybridized carbons (Fsp3) is 0.308. The normalized spacial score (nSPS) is 18.2. The molecular formula is C26H28FN3O2. The molecule has 0 saturated heterocycles. The van der Waals surface area contributed by atoms with Crippen LogP contribution in [0.2, 0.25) is 0 Å². The van der Waals surface area contributed by atoms with E-state index in [0.717, 1.165) is 25.8 Å². The molecule has 0 bridgehead atoms. The van der Waals surface area contributed by atoms with Gasteiger partial charge in [-0.15, -0.1) is 0 Å². The van der Waals surface area contributed by atoms with Crippen LogP contribution < -0.4 is 10.6 Å². The molecule has 0 aliphatic heterocycles. The number of aromatic nitrogens is 1. The Morgan fingerprint density at radius 3 is 2.41 bits per heavy atom. The van der Waals surface area contributed by atoms with Crippen molar-refractivity contribution in [2.45, 2.75) is 43.7 Å². The van der Waals surface area contributed by atoms with Crippen LogP contribution in [0, 0.1) is 5.82 Å². The van der Waals surface area contributed by atoms with Crippen LogP contribution in [0.3, 0.4) is 0 Å². The second-order valence-corrected chi connectivity index (χ2v) is 8.27. The molecule has 4 rings (SSSR count). The monoisotopic (exact) mass is 433 g/mol. The van der Waals surface area contributed by atoms with E-state index in [4.69, 9.17) is 0 Å². The minimum atomic E-state index is -0.581. The number of carbonyl (C=O) groups is 2. The number of carbonyl (C=O) groups excluding carboxylic acids is 2. The standard InChI is InChI=1S/C26H28FN3O2/c27-21-13-11-19(12-14-21)22-18-24(22)28-15-5-4-10-23(26(32)30-16-6-7-17-30)29-25(31)20-8-2-1-3-9-20/h1-3,6-9,11-14,16-17,22-24,28H,4-5,10,15,18H2,(H,29,31)/t22-,23+,24+/m1/s1. The third-order valence-electron chi connectivity index (χ3n) is 5.91. The predicted molar refractivity (Wildman–Crippen MR) is 122 cm³/mol. The maximum atomic E-state index is 13.1. The Morgan fingerprint density at radius 2 is 1.69 bits per heavy atom. The lowest BCUT2D eigenvalue weighted by Crippen LogP contribution is -2.43. The van der Waals surface area contributed by atoms with E-state index < -0.39 is 6.04 Å². The van der Waals surface area contributed by atoms with Crippen LogP contribution in [0.5, 0.6) is 0 Å². The molecule has 3 atom stereocenters. The molecule has 0 radical (unpaired) electrons. The van der Waals surface area contributed by atoms with Gasteiger partial charge in [0.15, 0.2) is 0 Å². The van der Waals surface area contributed by atoms with Crippen molar-refractivity contribution >= 4 is 11.8 Å². The van der Waals surface area contributed by atoms with Gasteiger partial charge in [-0.1, -0.05) is 30.3 Å². The molecule has 32 heavy (non-hydrogen) atoms. The molecule has 6 heteroatoms. The van der Waals surface area contributed by atoms with Gasteiger partial charge in [-0.2, -0.15) is 0 Å². The van der Waals surface area contributed by atoms with Crippen LogP contribution in [0.4, 0.5) is 4.39 Å². The third-order valence-corrected chi connectivity index (χ3v) is 5.91. The van der Waals surface area contributed by atoms with Crippen molar-refractivity contribution < 1.29 is 14.0 Å². The molecule has 0 unspecified atom stereocenters. The fourth-order valence-corrected chi connectivity index (χ4v) is 4.01. The third kappa shape index (κ3) is 5.71. The highest BCUT2D eigenvalue weighted by Crippen LogP contribution is 2.40.